The molecule has 62 valence electrons. The van der Waals surface area contributed by atoms with Crippen molar-refractivity contribution < 1.29 is 15.8 Å². The fourth-order valence-electron chi connectivity index (χ4n) is 0.839. The predicted octanol–water partition coefficient (Wildman–Crippen LogP) is -1.57. The summed E-state index contributed by atoms with van der Waals surface area (Å²) >= 11 is 0. The molecule has 0 heterocycles. The number of hydrogen-bond donors (Lipinski definition) is 4. The molecule has 0 radical (unpaired) electrons. The summed E-state index contributed by atoms with van der Waals surface area (Å²) in [6.45, 7) is 0.780. The number of hydrogen-bond acceptors (Lipinski definition) is 3. The lowest BCUT2D eigenvalue weighted by Crippen LogP contribution is -2.87. The highest BCUT2D eigenvalue weighted by molar-refractivity contribution is 4.53. The molecule has 0 bridgehead atoms. The van der Waals surface area contributed by atoms with Gasteiger partial charge in [0.25, 0.3) is 0 Å². The molecule has 0 saturated heterocycles. The Morgan fingerprint density at radius 1 is 1.40 bits per heavy atom. The van der Waals surface area contributed by atoms with Gasteiger partial charge in [0, 0.05) is 19.4 Å². The Morgan fingerprint density at radius 2 is 2.10 bits per heavy atom. The maximum absolute atomic E-state index is 8.61. The van der Waals surface area contributed by atoms with E-state index in [1.165, 1.54) is 0 Å². The second-order valence-corrected chi connectivity index (χ2v) is 2.35. The average Bonchev–Trinajstić information content (AvgIpc) is 1.98. The monoisotopic (exact) mass is 149 g/mol. The van der Waals surface area contributed by atoms with Crippen LogP contribution in [0, 0.1) is 0 Å². The van der Waals surface area contributed by atoms with Crippen LogP contribution in [-0.4, -0.2) is 29.5 Å². The van der Waals surface area contributed by atoms with E-state index in [1.807, 2.05) is 0 Å². The van der Waals surface area contributed by atoms with Crippen LogP contribution in [0.15, 0.2) is 0 Å². The molecule has 0 aliphatic heterocycles. The lowest BCUT2D eigenvalue weighted by molar-refractivity contribution is -0.910. The lowest BCUT2D eigenvalue weighted by Gasteiger charge is -2.07. The molecule has 4 heteroatoms. The molecular weight excluding hydrogens is 132 g/mol. The number of quaternary nitrogens is 1. The number of nitrogens with two attached hydrogens (primary N) is 2. The summed E-state index contributed by atoms with van der Waals surface area (Å²) in [6.07, 6.45) is 2.41. The molecule has 6 N–H and O–H groups in total. The van der Waals surface area contributed by atoms with E-state index in [0.29, 0.717) is 13.0 Å². The molecule has 0 aromatic heterocycles. The van der Waals surface area contributed by atoms with Gasteiger partial charge in [-0.25, -0.2) is 10.7 Å². The smallest absolute Gasteiger partial charge is 0.117 e. The topological polar surface area (TPSA) is 83.1 Å². The molecular formula is C6H17N2O2+. The molecule has 10 heavy (non-hydrogen) atoms. The number of aliphatic hydroxyl groups excluding tert-OH is 1. The minimum absolute atomic E-state index is 0.119. The van der Waals surface area contributed by atoms with Crippen LogP contribution in [0.5, 0.6) is 0 Å². The fraction of sp³-hybridized carbons (Fsp3) is 1.00. The van der Waals surface area contributed by atoms with Crippen molar-refractivity contribution in [1.29, 1.82) is 0 Å². The zero-order valence-electron chi connectivity index (χ0n) is 6.16. The summed E-state index contributed by atoms with van der Waals surface area (Å²) in [5.74, 6) is 0. The van der Waals surface area contributed by atoms with Crippen molar-refractivity contribution in [3.05, 3.63) is 0 Å². The molecule has 0 spiro atoms. The SMILES string of the molecule is NCCCC(CCO)[NH2+]O. The highest BCUT2D eigenvalue weighted by Gasteiger charge is 2.08. The summed E-state index contributed by atoms with van der Waals surface area (Å²) in [5.41, 5.74) is 6.41. The standard InChI is InChI=1S/C6H16N2O2/c7-4-1-2-6(8-10)3-5-9/h6,8-10H,1-5,7H2/p+1. The van der Waals surface area contributed by atoms with Crippen LogP contribution in [0.3, 0.4) is 0 Å². The van der Waals surface area contributed by atoms with Crippen LogP contribution < -0.4 is 11.2 Å². The van der Waals surface area contributed by atoms with Crippen LogP contribution in [0.2, 0.25) is 0 Å². The first-order chi connectivity index (χ1) is 4.85. The first kappa shape index (κ1) is 9.84. The third-order valence-electron chi connectivity index (χ3n) is 1.49. The van der Waals surface area contributed by atoms with Gasteiger partial charge in [-0.1, -0.05) is 0 Å². The van der Waals surface area contributed by atoms with Gasteiger partial charge in [0.05, 0.1) is 0 Å². The van der Waals surface area contributed by atoms with Crippen molar-refractivity contribution in [2.45, 2.75) is 25.3 Å². The zero-order valence-corrected chi connectivity index (χ0v) is 6.16. The number of aliphatic hydroxyl groups is 1. The molecule has 0 saturated carbocycles. The van der Waals surface area contributed by atoms with E-state index in [1.54, 1.807) is 0 Å². The molecule has 4 nitrogen and oxygen atoms in total. The molecule has 0 fully saturated rings. The summed E-state index contributed by atoms with van der Waals surface area (Å²) in [5, 5.41) is 17.1. The predicted molar refractivity (Wildman–Crippen MR) is 37.5 cm³/mol. The maximum atomic E-state index is 8.61. The van der Waals surface area contributed by atoms with E-state index in [0.717, 1.165) is 18.3 Å². The molecule has 0 aliphatic rings. The van der Waals surface area contributed by atoms with E-state index >= 15 is 0 Å². The van der Waals surface area contributed by atoms with Gasteiger partial charge >= 0.3 is 0 Å². The van der Waals surface area contributed by atoms with Gasteiger partial charge in [0.2, 0.25) is 0 Å². The van der Waals surface area contributed by atoms with Crippen LogP contribution >= 0.6 is 0 Å². The van der Waals surface area contributed by atoms with Crippen LogP contribution in [0.25, 0.3) is 0 Å². The highest BCUT2D eigenvalue weighted by atomic mass is 16.5. The van der Waals surface area contributed by atoms with E-state index in [2.05, 4.69) is 0 Å². The first-order valence-electron chi connectivity index (χ1n) is 3.63. The van der Waals surface area contributed by atoms with Crippen molar-refractivity contribution >= 4 is 0 Å². The number of rotatable bonds is 6. The van der Waals surface area contributed by atoms with Gasteiger partial charge in [-0.05, 0) is 13.0 Å². The zero-order chi connectivity index (χ0) is 7.82. The van der Waals surface area contributed by atoms with Crippen molar-refractivity contribution in [2.75, 3.05) is 13.2 Å². The third-order valence-corrected chi connectivity index (χ3v) is 1.49. The quantitative estimate of drug-likeness (QED) is 0.344. The second-order valence-electron chi connectivity index (χ2n) is 2.35. The van der Waals surface area contributed by atoms with Crippen LogP contribution in [0.1, 0.15) is 19.3 Å². The van der Waals surface area contributed by atoms with Crippen molar-refractivity contribution in [2.24, 2.45) is 5.73 Å². The lowest BCUT2D eigenvalue weighted by atomic mass is 10.1. The van der Waals surface area contributed by atoms with Gasteiger partial charge in [0.15, 0.2) is 0 Å². The van der Waals surface area contributed by atoms with Crippen molar-refractivity contribution in [3.8, 4) is 0 Å². The first-order valence-corrected chi connectivity index (χ1v) is 3.63. The molecule has 0 aromatic carbocycles. The minimum Gasteiger partial charge on any atom is -0.396 e. The van der Waals surface area contributed by atoms with Gasteiger partial charge < -0.3 is 10.8 Å². The fourth-order valence-corrected chi connectivity index (χ4v) is 0.839. The molecule has 0 amide bonds. The second kappa shape index (κ2) is 6.95. The van der Waals surface area contributed by atoms with Gasteiger partial charge in [-0.15, -0.1) is 0 Å². The van der Waals surface area contributed by atoms with Crippen molar-refractivity contribution in [3.63, 3.8) is 0 Å². The summed E-state index contributed by atoms with van der Waals surface area (Å²) < 4.78 is 0. The largest absolute Gasteiger partial charge is 0.396 e. The normalized spacial score (nSPS) is 13.5. The molecule has 1 unspecified atom stereocenters. The molecule has 0 aliphatic carbocycles. The van der Waals surface area contributed by atoms with Crippen molar-refractivity contribution in [1.82, 2.24) is 0 Å². The van der Waals surface area contributed by atoms with Gasteiger partial charge in [-0.2, -0.15) is 0 Å². The molecule has 0 rings (SSSR count). The highest BCUT2D eigenvalue weighted by Crippen LogP contribution is 1.94. The Bertz CT molecular complexity index is 70.8. The summed E-state index contributed by atoms with van der Waals surface area (Å²) in [4.78, 5) is 0. The number of hydroxylamine groups is 1. The van der Waals surface area contributed by atoms with Gasteiger partial charge in [-0.3, -0.25) is 0 Å². The third kappa shape index (κ3) is 4.69. The van der Waals surface area contributed by atoms with E-state index in [-0.39, 0.29) is 12.6 Å². The van der Waals surface area contributed by atoms with E-state index in [4.69, 9.17) is 16.0 Å². The summed E-state index contributed by atoms with van der Waals surface area (Å²) in [6, 6.07) is 0.119. The molecule has 0 aromatic rings. The average molecular weight is 149 g/mol. The summed E-state index contributed by atoms with van der Waals surface area (Å²) in [7, 11) is 0. The maximum Gasteiger partial charge on any atom is 0.117 e. The van der Waals surface area contributed by atoms with E-state index in [9.17, 15) is 0 Å². The van der Waals surface area contributed by atoms with E-state index < -0.39 is 0 Å². The Kier molecular flexibility index (Phi) is 6.84. The Morgan fingerprint density at radius 3 is 2.50 bits per heavy atom. The minimum atomic E-state index is 0.119. The van der Waals surface area contributed by atoms with Crippen LogP contribution in [0.4, 0.5) is 0 Å². The van der Waals surface area contributed by atoms with Crippen LogP contribution in [-0.2, 0) is 0 Å². The Balaban J connectivity index is 3.21. The molecule has 1 atom stereocenters. The Hall–Kier alpha value is -0.160. The Labute approximate surface area is 61.0 Å². The van der Waals surface area contributed by atoms with Gasteiger partial charge in [0.1, 0.15) is 6.04 Å².